The second-order valence-electron chi connectivity index (χ2n) is 12.9. The summed E-state index contributed by atoms with van der Waals surface area (Å²) in [5, 5.41) is 3.99. The SMILES string of the molecule is Cc1cc(C(C)Nc2ccccc2C(=O)OC(C)(C)C)c2nc(N3CCN(C(=O)OC(C)(C)C)CC3)n(C)c(=O)c2c1. The minimum absolute atomic E-state index is 0.143. The lowest BCUT2D eigenvalue weighted by molar-refractivity contribution is 0.00698. The molecule has 0 spiro atoms. The summed E-state index contributed by atoms with van der Waals surface area (Å²) in [7, 11) is 1.73. The van der Waals surface area contributed by atoms with Gasteiger partial charge in [-0.3, -0.25) is 9.36 Å². The molecule has 10 heteroatoms. The van der Waals surface area contributed by atoms with E-state index < -0.39 is 17.2 Å². The van der Waals surface area contributed by atoms with Crippen LogP contribution in [0.5, 0.6) is 0 Å². The maximum Gasteiger partial charge on any atom is 0.410 e. The van der Waals surface area contributed by atoms with Crippen molar-refractivity contribution in [2.45, 2.75) is 72.6 Å². The topological polar surface area (TPSA) is 106 Å². The third-order valence-electron chi connectivity index (χ3n) is 6.93. The summed E-state index contributed by atoms with van der Waals surface area (Å²) in [6, 6.07) is 10.8. The number of nitrogens with one attached hydrogen (secondary N) is 1. The maximum absolute atomic E-state index is 13.6. The van der Waals surface area contributed by atoms with Gasteiger partial charge in [0.15, 0.2) is 0 Å². The monoisotopic (exact) mass is 577 g/mol. The van der Waals surface area contributed by atoms with E-state index in [2.05, 4.69) is 5.32 Å². The van der Waals surface area contributed by atoms with Gasteiger partial charge in [-0.05, 0) is 79.2 Å². The molecule has 1 N–H and O–H groups in total. The van der Waals surface area contributed by atoms with E-state index in [0.717, 1.165) is 11.1 Å². The lowest BCUT2D eigenvalue weighted by Crippen LogP contribution is -2.51. The van der Waals surface area contributed by atoms with Crippen molar-refractivity contribution in [3.63, 3.8) is 0 Å². The molecule has 1 aliphatic heterocycles. The number of hydrogen-bond acceptors (Lipinski definition) is 8. The van der Waals surface area contributed by atoms with Crippen molar-refractivity contribution in [1.82, 2.24) is 14.5 Å². The number of aryl methyl sites for hydroxylation is 1. The second kappa shape index (κ2) is 11.7. The highest BCUT2D eigenvalue weighted by atomic mass is 16.6. The van der Waals surface area contributed by atoms with E-state index in [9.17, 15) is 14.4 Å². The molecular formula is C32H43N5O5. The van der Waals surface area contributed by atoms with Gasteiger partial charge < -0.3 is 24.6 Å². The molecule has 1 fully saturated rings. The number of hydrogen-bond donors (Lipinski definition) is 1. The van der Waals surface area contributed by atoms with Crippen LogP contribution in [0.4, 0.5) is 16.4 Å². The molecule has 10 nitrogen and oxygen atoms in total. The van der Waals surface area contributed by atoms with Crippen LogP contribution in [0, 0.1) is 6.92 Å². The molecule has 1 amide bonds. The number of rotatable bonds is 5. The number of piperazine rings is 1. The third kappa shape index (κ3) is 7.03. The number of benzene rings is 2. The Labute approximate surface area is 247 Å². The van der Waals surface area contributed by atoms with Gasteiger partial charge >= 0.3 is 12.1 Å². The van der Waals surface area contributed by atoms with Crippen molar-refractivity contribution < 1.29 is 19.1 Å². The highest BCUT2D eigenvalue weighted by molar-refractivity contribution is 5.96. The Bertz CT molecular complexity index is 1540. The summed E-state index contributed by atoms with van der Waals surface area (Å²) in [5.74, 6) is 0.134. The lowest BCUT2D eigenvalue weighted by Gasteiger charge is -2.36. The second-order valence-corrected chi connectivity index (χ2v) is 12.9. The van der Waals surface area contributed by atoms with E-state index in [1.165, 1.54) is 0 Å². The Kier molecular flexibility index (Phi) is 8.57. The van der Waals surface area contributed by atoms with Gasteiger partial charge in [-0.15, -0.1) is 0 Å². The van der Waals surface area contributed by atoms with Crippen LogP contribution in [0.25, 0.3) is 10.9 Å². The van der Waals surface area contributed by atoms with E-state index in [1.807, 2.05) is 84.6 Å². The molecule has 0 aliphatic carbocycles. The number of para-hydroxylation sites is 1. The third-order valence-corrected chi connectivity index (χ3v) is 6.93. The predicted octanol–water partition coefficient (Wildman–Crippen LogP) is 5.43. The molecule has 3 aromatic rings. The summed E-state index contributed by atoms with van der Waals surface area (Å²) in [6.07, 6.45) is -0.341. The molecule has 226 valence electrons. The first kappa shape index (κ1) is 30.9. The standard InChI is InChI=1S/C32H43N5O5/c1-20-18-23(21(2)33-25-13-11-10-12-22(25)28(39)41-31(3,4)5)26-24(19-20)27(38)35(9)29(34-26)36-14-16-37(17-15-36)30(40)42-32(6,7)8/h10-13,18-19,21,33H,14-17H2,1-9H3. The molecule has 1 aromatic heterocycles. The van der Waals surface area contributed by atoms with Crippen molar-refractivity contribution in [2.75, 3.05) is 36.4 Å². The van der Waals surface area contributed by atoms with Crippen molar-refractivity contribution in [3.8, 4) is 0 Å². The molecule has 0 bridgehead atoms. The van der Waals surface area contributed by atoms with Gasteiger partial charge in [-0.25, -0.2) is 14.6 Å². The van der Waals surface area contributed by atoms with Gasteiger partial charge in [0.1, 0.15) is 11.2 Å². The molecule has 2 aromatic carbocycles. The number of anilines is 2. The molecule has 42 heavy (non-hydrogen) atoms. The molecular weight excluding hydrogens is 534 g/mol. The van der Waals surface area contributed by atoms with Crippen LogP contribution in [-0.4, -0.2) is 63.9 Å². The molecule has 0 saturated carbocycles. The van der Waals surface area contributed by atoms with Gasteiger partial charge in [0.05, 0.1) is 22.5 Å². The van der Waals surface area contributed by atoms with Crippen LogP contribution in [0.15, 0.2) is 41.2 Å². The molecule has 0 radical (unpaired) electrons. The fraction of sp³-hybridized carbons (Fsp3) is 0.500. The lowest BCUT2D eigenvalue weighted by atomic mass is 10.0. The summed E-state index contributed by atoms with van der Waals surface area (Å²) in [6.45, 7) is 16.9. The normalized spacial score (nSPS) is 15.0. The van der Waals surface area contributed by atoms with Crippen molar-refractivity contribution >= 4 is 34.6 Å². The first-order valence-corrected chi connectivity index (χ1v) is 14.4. The zero-order valence-corrected chi connectivity index (χ0v) is 26.2. The minimum Gasteiger partial charge on any atom is -0.456 e. The molecule has 1 aliphatic rings. The number of aromatic nitrogens is 2. The van der Waals surface area contributed by atoms with Gasteiger partial charge in [0.25, 0.3) is 5.56 Å². The Balaban J connectivity index is 1.66. The van der Waals surface area contributed by atoms with Crippen molar-refractivity contribution in [2.24, 2.45) is 7.05 Å². The van der Waals surface area contributed by atoms with Crippen LogP contribution in [0.1, 0.15) is 76.0 Å². The Morgan fingerprint density at radius 3 is 2.19 bits per heavy atom. The van der Waals surface area contributed by atoms with E-state index >= 15 is 0 Å². The first-order chi connectivity index (χ1) is 19.5. The molecule has 1 unspecified atom stereocenters. The first-order valence-electron chi connectivity index (χ1n) is 14.4. The number of fused-ring (bicyclic) bond motifs is 1. The van der Waals surface area contributed by atoms with Crippen LogP contribution >= 0.6 is 0 Å². The van der Waals surface area contributed by atoms with E-state index in [1.54, 1.807) is 28.6 Å². The van der Waals surface area contributed by atoms with Gasteiger partial charge in [0, 0.05) is 44.5 Å². The fourth-order valence-corrected chi connectivity index (χ4v) is 5.00. The number of amides is 1. The smallest absolute Gasteiger partial charge is 0.410 e. The molecule has 2 heterocycles. The van der Waals surface area contributed by atoms with Crippen LogP contribution in [-0.2, 0) is 16.5 Å². The number of ether oxygens (including phenoxy) is 2. The maximum atomic E-state index is 13.6. The average Bonchev–Trinajstić information content (AvgIpc) is 2.89. The highest BCUT2D eigenvalue weighted by Gasteiger charge is 2.28. The zero-order chi connectivity index (χ0) is 31.0. The highest BCUT2D eigenvalue weighted by Crippen LogP contribution is 2.30. The number of carbonyl (C=O) groups is 2. The van der Waals surface area contributed by atoms with Crippen LogP contribution in [0.3, 0.4) is 0 Å². The number of nitrogens with zero attached hydrogens (tertiary/aromatic N) is 4. The zero-order valence-electron chi connectivity index (χ0n) is 26.2. The molecule has 4 rings (SSSR count). The number of carbonyl (C=O) groups excluding carboxylic acids is 2. The average molecular weight is 578 g/mol. The Morgan fingerprint density at radius 1 is 0.952 bits per heavy atom. The number of esters is 1. The van der Waals surface area contributed by atoms with Crippen molar-refractivity contribution in [3.05, 3.63) is 63.4 Å². The summed E-state index contributed by atoms with van der Waals surface area (Å²) < 4.78 is 12.7. The van der Waals surface area contributed by atoms with Gasteiger partial charge in [0.2, 0.25) is 5.95 Å². The fourth-order valence-electron chi connectivity index (χ4n) is 5.00. The predicted molar refractivity (Wildman–Crippen MR) is 165 cm³/mol. The Hall–Kier alpha value is -4.08. The summed E-state index contributed by atoms with van der Waals surface area (Å²) in [4.78, 5) is 47.9. The minimum atomic E-state index is -0.624. The quantitative estimate of drug-likeness (QED) is 0.401. The van der Waals surface area contributed by atoms with E-state index in [-0.39, 0.29) is 17.7 Å². The Morgan fingerprint density at radius 2 is 1.57 bits per heavy atom. The largest absolute Gasteiger partial charge is 0.456 e. The van der Waals surface area contributed by atoms with E-state index in [0.29, 0.717) is 54.3 Å². The van der Waals surface area contributed by atoms with Gasteiger partial charge in [-0.1, -0.05) is 18.2 Å². The van der Waals surface area contributed by atoms with Crippen molar-refractivity contribution in [1.29, 1.82) is 0 Å². The molecule has 1 saturated heterocycles. The van der Waals surface area contributed by atoms with E-state index in [4.69, 9.17) is 14.5 Å². The van der Waals surface area contributed by atoms with Crippen LogP contribution in [0.2, 0.25) is 0 Å². The summed E-state index contributed by atoms with van der Waals surface area (Å²) in [5.41, 5.74) is 2.12. The van der Waals surface area contributed by atoms with Gasteiger partial charge in [-0.2, -0.15) is 0 Å². The summed E-state index contributed by atoms with van der Waals surface area (Å²) >= 11 is 0. The van der Waals surface area contributed by atoms with Crippen LogP contribution < -0.4 is 15.8 Å². The molecule has 1 atom stereocenters.